The van der Waals surface area contributed by atoms with Crippen molar-refractivity contribution in [2.24, 2.45) is 0 Å². The Morgan fingerprint density at radius 2 is 1.95 bits per heavy atom. The van der Waals surface area contributed by atoms with Gasteiger partial charge in [-0.1, -0.05) is 13.3 Å². The van der Waals surface area contributed by atoms with Crippen molar-refractivity contribution in [1.82, 2.24) is 18.8 Å². The summed E-state index contributed by atoms with van der Waals surface area (Å²) >= 11 is 0. The molecule has 2 unspecified atom stereocenters. The molecule has 2 saturated heterocycles. The van der Waals surface area contributed by atoms with E-state index in [9.17, 15) is 8.42 Å². The summed E-state index contributed by atoms with van der Waals surface area (Å²) in [5.41, 5.74) is 0. The number of hydrogen-bond acceptors (Lipinski definition) is 4. The molecule has 0 aliphatic carbocycles. The van der Waals surface area contributed by atoms with E-state index in [1.807, 2.05) is 0 Å². The highest BCUT2D eigenvalue weighted by molar-refractivity contribution is 7.86. The van der Waals surface area contributed by atoms with Crippen molar-refractivity contribution >= 4 is 10.2 Å². The zero-order valence-electron chi connectivity index (χ0n) is 13.6. The first kappa shape index (κ1) is 17.1. The minimum Gasteiger partial charge on any atom is -0.315 e. The molecule has 0 saturated carbocycles. The van der Waals surface area contributed by atoms with Gasteiger partial charge in [0.15, 0.2) is 0 Å². The molecule has 0 aromatic rings. The average molecular weight is 318 g/mol. The Labute approximate surface area is 129 Å². The second-order valence-electron chi connectivity index (χ2n) is 6.26. The predicted molar refractivity (Wildman–Crippen MR) is 85.5 cm³/mol. The first-order valence-electron chi connectivity index (χ1n) is 8.14. The lowest BCUT2D eigenvalue weighted by atomic mass is 10.1. The molecule has 0 spiro atoms. The maximum Gasteiger partial charge on any atom is 0.282 e. The van der Waals surface area contributed by atoms with Gasteiger partial charge in [0.1, 0.15) is 0 Å². The van der Waals surface area contributed by atoms with Crippen molar-refractivity contribution in [1.29, 1.82) is 0 Å². The number of piperidine rings is 1. The molecule has 0 aromatic carbocycles. The van der Waals surface area contributed by atoms with Gasteiger partial charge >= 0.3 is 0 Å². The van der Waals surface area contributed by atoms with Crippen molar-refractivity contribution in [3.63, 3.8) is 0 Å². The minimum absolute atomic E-state index is 0.110. The van der Waals surface area contributed by atoms with E-state index in [0.717, 1.165) is 38.9 Å². The van der Waals surface area contributed by atoms with E-state index in [-0.39, 0.29) is 12.1 Å². The third-order valence-corrected chi connectivity index (χ3v) is 6.81. The highest BCUT2D eigenvalue weighted by Gasteiger charge is 2.38. The standard InChI is InChI=1S/C14H30N4O2S/c1-4-15-11-14-7-5-6-8-18(14)21(19,20)17-10-9-16(3)13(2)12-17/h13-15H,4-12H2,1-3H3. The third-order valence-electron chi connectivity index (χ3n) is 4.75. The van der Waals surface area contributed by atoms with E-state index in [2.05, 4.69) is 31.1 Å². The van der Waals surface area contributed by atoms with Crippen LogP contribution in [0.1, 0.15) is 33.1 Å². The van der Waals surface area contributed by atoms with Crippen LogP contribution in [0.3, 0.4) is 0 Å². The molecule has 2 atom stereocenters. The average Bonchev–Trinajstić information content (AvgIpc) is 2.48. The van der Waals surface area contributed by atoms with Crippen LogP contribution >= 0.6 is 0 Å². The van der Waals surface area contributed by atoms with Crippen LogP contribution < -0.4 is 5.32 Å². The monoisotopic (exact) mass is 318 g/mol. The molecule has 1 N–H and O–H groups in total. The van der Waals surface area contributed by atoms with Crippen LogP contribution in [0.2, 0.25) is 0 Å². The SMILES string of the molecule is CCNCC1CCCCN1S(=O)(=O)N1CCN(C)C(C)C1. The molecule has 0 radical (unpaired) electrons. The molecule has 7 heteroatoms. The molecular weight excluding hydrogens is 288 g/mol. The van der Waals surface area contributed by atoms with E-state index < -0.39 is 10.2 Å². The largest absolute Gasteiger partial charge is 0.315 e. The summed E-state index contributed by atoms with van der Waals surface area (Å²) in [6.07, 6.45) is 3.07. The highest BCUT2D eigenvalue weighted by atomic mass is 32.2. The Kier molecular flexibility index (Phi) is 6.02. The molecule has 21 heavy (non-hydrogen) atoms. The van der Waals surface area contributed by atoms with Gasteiger partial charge in [0.05, 0.1) is 0 Å². The molecule has 2 heterocycles. The van der Waals surface area contributed by atoms with Gasteiger partial charge in [-0.3, -0.25) is 0 Å². The van der Waals surface area contributed by atoms with Gasteiger partial charge < -0.3 is 10.2 Å². The van der Waals surface area contributed by atoms with Crippen LogP contribution in [0, 0.1) is 0 Å². The molecule has 0 amide bonds. The molecule has 0 aromatic heterocycles. The van der Waals surface area contributed by atoms with Crippen LogP contribution in [0.25, 0.3) is 0 Å². The molecule has 124 valence electrons. The van der Waals surface area contributed by atoms with Gasteiger partial charge in [-0.05, 0) is 33.4 Å². The Balaban J connectivity index is 2.08. The summed E-state index contributed by atoms with van der Waals surface area (Å²) in [4.78, 5) is 2.22. The second-order valence-corrected chi connectivity index (χ2v) is 8.14. The number of rotatable bonds is 5. The topological polar surface area (TPSA) is 55.9 Å². The fraction of sp³-hybridized carbons (Fsp3) is 1.00. The van der Waals surface area contributed by atoms with E-state index in [1.54, 1.807) is 8.61 Å². The molecule has 2 aliphatic rings. The van der Waals surface area contributed by atoms with Crippen LogP contribution in [0.5, 0.6) is 0 Å². The molecule has 0 bridgehead atoms. The Morgan fingerprint density at radius 1 is 1.19 bits per heavy atom. The van der Waals surface area contributed by atoms with Crippen LogP contribution in [-0.4, -0.2) is 80.3 Å². The first-order valence-corrected chi connectivity index (χ1v) is 9.54. The maximum atomic E-state index is 13.0. The summed E-state index contributed by atoms with van der Waals surface area (Å²) in [6.45, 7) is 8.48. The van der Waals surface area contributed by atoms with Crippen molar-refractivity contribution in [3.05, 3.63) is 0 Å². The Hall–Kier alpha value is -0.210. The predicted octanol–water partition coefficient (Wildman–Crippen LogP) is 0.331. The summed E-state index contributed by atoms with van der Waals surface area (Å²) < 4.78 is 29.4. The molecule has 2 rings (SSSR count). The lowest BCUT2D eigenvalue weighted by Gasteiger charge is -2.42. The Morgan fingerprint density at radius 3 is 2.62 bits per heavy atom. The quantitative estimate of drug-likeness (QED) is 0.794. The van der Waals surface area contributed by atoms with Gasteiger partial charge in [-0.15, -0.1) is 0 Å². The van der Waals surface area contributed by atoms with Gasteiger partial charge in [-0.25, -0.2) is 0 Å². The lowest BCUT2D eigenvalue weighted by molar-refractivity contribution is 0.145. The van der Waals surface area contributed by atoms with Crippen LogP contribution in [0.15, 0.2) is 0 Å². The van der Waals surface area contributed by atoms with E-state index in [1.165, 1.54) is 0 Å². The first-order chi connectivity index (χ1) is 9.96. The zero-order chi connectivity index (χ0) is 15.5. The third kappa shape index (κ3) is 3.96. The van der Waals surface area contributed by atoms with Gasteiger partial charge in [-0.2, -0.15) is 17.0 Å². The summed E-state index contributed by atoms with van der Waals surface area (Å²) in [7, 11) is -1.26. The molecule has 2 aliphatic heterocycles. The fourth-order valence-corrected chi connectivity index (χ4v) is 5.10. The normalized spacial score (nSPS) is 30.6. The number of nitrogens with one attached hydrogen (secondary N) is 1. The van der Waals surface area contributed by atoms with Crippen molar-refractivity contribution in [2.75, 3.05) is 46.3 Å². The van der Waals surface area contributed by atoms with E-state index in [4.69, 9.17) is 0 Å². The minimum atomic E-state index is -3.32. The number of likely N-dealkylation sites (N-methyl/N-ethyl adjacent to an activating group) is 2. The fourth-order valence-electron chi connectivity index (χ4n) is 3.17. The number of nitrogens with zero attached hydrogens (tertiary/aromatic N) is 3. The zero-order valence-corrected chi connectivity index (χ0v) is 14.4. The van der Waals surface area contributed by atoms with Crippen molar-refractivity contribution in [3.8, 4) is 0 Å². The highest BCUT2D eigenvalue weighted by Crippen LogP contribution is 2.24. The van der Waals surface area contributed by atoms with Gasteiger partial charge in [0, 0.05) is 44.8 Å². The van der Waals surface area contributed by atoms with Crippen LogP contribution in [-0.2, 0) is 10.2 Å². The van der Waals surface area contributed by atoms with Crippen molar-refractivity contribution < 1.29 is 8.42 Å². The number of piperazine rings is 1. The maximum absolute atomic E-state index is 13.0. The summed E-state index contributed by atoms with van der Waals surface area (Å²) in [5, 5.41) is 3.31. The summed E-state index contributed by atoms with van der Waals surface area (Å²) in [6, 6.07) is 0.393. The van der Waals surface area contributed by atoms with Crippen LogP contribution in [0.4, 0.5) is 0 Å². The van der Waals surface area contributed by atoms with Gasteiger partial charge in [0.2, 0.25) is 0 Å². The smallest absolute Gasteiger partial charge is 0.282 e. The van der Waals surface area contributed by atoms with E-state index in [0.29, 0.717) is 19.6 Å². The Bertz CT molecular complexity index is 429. The number of hydrogen-bond donors (Lipinski definition) is 1. The lowest BCUT2D eigenvalue weighted by Crippen LogP contribution is -2.59. The molecule has 2 fully saturated rings. The second kappa shape index (κ2) is 7.37. The van der Waals surface area contributed by atoms with E-state index >= 15 is 0 Å². The molecular formula is C14H30N4O2S. The molecule has 6 nitrogen and oxygen atoms in total. The van der Waals surface area contributed by atoms with Crippen molar-refractivity contribution in [2.45, 2.75) is 45.2 Å². The summed E-state index contributed by atoms with van der Waals surface area (Å²) in [5.74, 6) is 0. The van der Waals surface area contributed by atoms with Gasteiger partial charge in [0.25, 0.3) is 10.2 Å².